The summed E-state index contributed by atoms with van der Waals surface area (Å²) in [5.74, 6) is -4.21. The molecule has 1 N–H and O–H groups in total. The van der Waals surface area contributed by atoms with Crippen molar-refractivity contribution in [3.63, 3.8) is 0 Å². The molecule has 22 heavy (non-hydrogen) atoms. The van der Waals surface area contributed by atoms with Gasteiger partial charge in [-0.15, -0.1) is 13.2 Å². The number of halogens is 5. The highest BCUT2D eigenvalue weighted by Gasteiger charge is 2.31. The Bertz CT molecular complexity index is 705. The summed E-state index contributed by atoms with van der Waals surface area (Å²) in [6.07, 6.45) is -5.03. The van der Waals surface area contributed by atoms with Crippen LogP contribution in [-0.4, -0.2) is 17.4 Å². The normalized spacial score (nSPS) is 11.3. The van der Waals surface area contributed by atoms with Crippen molar-refractivity contribution < 1.29 is 36.6 Å². The summed E-state index contributed by atoms with van der Waals surface area (Å²) in [5, 5.41) is 8.90. The fourth-order valence-corrected chi connectivity index (χ4v) is 1.80. The van der Waals surface area contributed by atoms with Gasteiger partial charge in [-0.25, -0.2) is 13.6 Å². The van der Waals surface area contributed by atoms with E-state index < -0.39 is 35.3 Å². The van der Waals surface area contributed by atoms with Gasteiger partial charge in [0.25, 0.3) is 0 Å². The topological polar surface area (TPSA) is 46.5 Å². The summed E-state index contributed by atoms with van der Waals surface area (Å²) in [5.41, 5.74) is -0.758. The van der Waals surface area contributed by atoms with Crippen LogP contribution in [0, 0.1) is 11.6 Å². The molecule has 0 heterocycles. The molecule has 3 nitrogen and oxygen atoms in total. The van der Waals surface area contributed by atoms with Gasteiger partial charge in [-0.1, -0.05) is 0 Å². The van der Waals surface area contributed by atoms with Crippen molar-refractivity contribution in [2.45, 2.75) is 6.36 Å². The van der Waals surface area contributed by atoms with Crippen LogP contribution in [0.3, 0.4) is 0 Å². The number of aromatic carboxylic acids is 1. The molecular formula is C14H7F5O3. The lowest BCUT2D eigenvalue weighted by Gasteiger charge is -2.12. The van der Waals surface area contributed by atoms with Gasteiger partial charge in [-0.05, 0) is 41.5 Å². The number of hydrogen-bond donors (Lipinski definition) is 1. The summed E-state index contributed by atoms with van der Waals surface area (Å²) < 4.78 is 66.8. The summed E-state index contributed by atoms with van der Waals surface area (Å²) in [7, 11) is 0. The van der Waals surface area contributed by atoms with Crippen LogP contribution in [0.4, 0.5) is 22.0 Å². The minimum absolute atomic E-state index is 0.118. The highest BCUT2D eigenvalue weighted by atomic mass is 19.4. The number of hydrogen-bond acceptors (Lipinski definition) is 2. The van der Waals surface area contributed by atoms with E-state index in [2.05, 4.69) is 4.74 Å². The molecule has 8 heteroatoms. The second-order valence-corrected chi connectivity index (χ2v) is 4.26. The predicted octanol–water partition coefficient (Wildman–Crippen LogP) is 4.23. The van der Waals surface area contributed by atoms with Crippen molar-refractivity contribution in [3.05, 3.63) is 53.6 Å². The summed E-state index contributed by atoms with van der Waals surface area (Å²) in [6, 6.07) is 4.80. The SMILES string of the molecule is O=C(O)c1cc(OC(F)(F)F)cc(-c2cc(F)cc(F)c2)c1. The Balaban J connectivity index is 2.57. The van der Waals surface area contributed by atoms with Crippen molar-refractivity contribution in [1.82, 2.24) is 0 Å². The minimum atomic E-state index is -5.03. The second kappa shape index (κ2) is 5.63. The van der Waals surface area contributed by atoms with Gasteiger partial charge in [0.2, 0.25) is 0 Å². The lowest BCUT2D eigenvalue weighted by molar-refractivity contribution is -0.274. The molecular weight excluding hydrogens is 311 g/mol. The quantitative estimate of drug-likeness (QED) is 0.862. The molecule has 0 aromatic heterocycles. The summed E-state index contributed by atoms with van der Waals surface area (Å²) >= 11 is 0. The lowest BCUT2D eigenvalue weighted by Crippen LogP contribution is -2.17. The molecule has 0 radical (unpaired) electrons. The molecule has 116 valence electrons. The first-order valence-electron chi connectivity index (χ1n) is 5.74. The van der Waals surface area contributed by atoms with E-state index in [9.17, 15) is 26.7 Å². The lowest BCUT2D eigenvalue weighted by atomic mass is 10.0. The number of carboxylic acid groups (broad SMARTS) is 1. The molecule has 0 saturated heterocycles. The van der Waals surface area contributed by atoms with Gasteiger partial charge in [0, 0.05) is 6.07 Å². The van der Waals surface area contributed by atoms with E-state index in [4.69, 9.17) is 5.11 Å². The predicted molar refractivity (Wildman–Crippen MR) is 65.4 cm³/mol. The molecule has 0 amide bonds. The van der Waals surface area contributed by atoms with Crippen molar-refractivity contribution in [1.29, 1.82) is 0 Å². The van der Waals surface area contributed by atoms with Gasteiger partial charge in [0.05, 0.1) is 5.56 Å². The van der Waals surface area contributed by atoms with Crippen molar-refractivity contribution in [2.75, 3.05) is 0 Å². The van der Waals surface area contributed by atoms with E-state index in [0.29, 0.717) is 12.1 Å². The first-order valence-corrected chi connectivity index (χ1v) is 5.74. The maximum atomic E-state index is 13.2. The van der Waals surface area contributed by atoms with Gasteiger partial charge in [0.1, 0.15) is 17.4 Å². The maximum Gasteiger partial charge on any atom is 0.573 e. The Morgan fingerprint density at radius 3 is 1.95 bits per heavy atom. The molecule has 0 aliphatic heterocycles. The number of rotatable bonds is 3. The van der Waals surface area contributed by atoms with Crippen LogP contribution >= 0.6 is 0 Å². The van der Waals surface area contributed by atoms with Crippen LogP contribution in [0.2, 0.25) is 0 Å². The van der Waals surface area contributed by atoms with Crippen molar-refractivity contribution in [2.24, 2.45) is 0 Å². The van der Waals surface area contributed by atoms with Crippen LogP contribution in [0.15, 0.2) is 36.4 Å². The second-order valence-electron chi connectivity index (χ2n) is 4.26. The maximum absolute atomic E-state index is 13.2. The number of ether oxygens (including phenoxy) is 1. The molecule has 2 rings (SSSR count). The van der Waals surface area contributed by atoms with E-state index in [1.165, 1.54) is 0 Å². The van der Waals surface area contributed by atoms with E-state index in [1.807, 2.05) is 0 Å². The number of alkyl halides is 3. The molecule has 0 spiro atoms. The molecule has 0 aliphatic rings. The molecule has 0 bridgehead atoms. The molecule has 0 saturated carbocycles. The average Bonchev–Trinajstić information content (AvgIpc) is 2.35. The zero-order valence-electron chi connectivity index (χ0n) is 10.6. The number of benzene rings is 2. The molecule has 0 atom stereocenters. The van der Waals surface area contributed by atoms with Crippen LogP contribution in [0.25, 0.3) is 11.1 Å². The highest BCUT2D eigenvalue weighted by molar-refractivity contribution is 5.90. The first-order chi connectivity index (χ1) is 10.1. The van der Waals surface area contributed by atoms with Crippen molar-refractivity contribution in [3.8, 4) is 16.9 Å². The zero-order valence-corrected chi connectivity index (χ0v) is 10.6. The van der Waals surface area contributed by atoms with Crippen LogP contribution in [0.5, 0.6) is 5.75 Å². The molecule has 0 unspecified atom stereocenters. The third-order valence-corrected chi connectivity index (χ3v) is 2.58. The average molecular weight is 318 g/mol. The van der Waals surface area contributed by atoms with Gasteiger partial charge >= 0.3 is 12.3 Å². The Labute approximate surface area is 120 Å². The van der Waals surface area contributed by atoms with Gasteiger partial charge in [-0.2, -0.15) is 0 Å². The van der Waals surface area contributed by atoms with Crippen LogP contribution in [-0.2, 0) is 0 Å². The first kappa shape index (κ1) is 15.7. The largest absolute Gasteiger partial charge is 0.573 e. The fraction of sp³-hybridized carbons (Fsp3) is 0.0714. The Morgan fingerprint density at radius 1 is 0.909 bits per heavy atom. The monoisotopic (exact) mass is 318 g/mol. The van der Waals surface area contributed by atoms with E-state index >= 15 is 0 Å². The number of carboxylic acids is 1. The summed E-state index contributed by atoms with van der Waals surface area (Å²) in [4.78, 5) is 11.0. The van der Waals surface area contributed by atoms with Crippen LogP contribution in [0.1, 0.15) is 10.4 Å². The summed E-state index contributed by atoms with van der Waals surface area (Å²) in [6.45, 7) is 0. The Hall–Kier alpha value is -2.64. The number of carbonyl (C=O) groups is 1. The zero-order chi connectivity index (χ0) is 16.5. The fourth-order valence-electron chi connectivity index (χ4n) is 1.80. The van der Waals surface area contributed by atoms with Crippen molar-refractivity contribution >= 4 is 5.97 Å². The molecule has 0 fully saturated rings. The van der Waals surface area contributed by atoms with E-state index in [-0.39, 0.29) is 11.1 Å². The van der Waals surface area contributed by atoms with E-state index in [0.717, 1.165) is 24.3 Å². The third kappa shape index (κ3) is 3.94. The third-order valence-electron chi connectivity index (χ3n) is 2.58. The van der Waals surface area contributed by atoms with Gasteiger partial charge < -0.3 is 9.84 Å². The minimum Gasteiger partial charge on any atom is -0.478 e. The Morgan fingerprint density at radius 2 is 1.45 bits per heavy atom. The molecule has 0 aliphatic carbocycles. The van der Waals surface area contributed by atoms with Crippen LogP contribution < -0.4 is 4.74 Å². The smallest absolute Gasteiger partial charge is 0.478 e. The molecule has 2 aromatic rings. The highest BCUT2D eigenvalue weighted by Crippen LogP contribution is 2.30. The van der Waals surface area contributed by atoms with Gasteiger partial charge in [0.15, 0.2) is 0 Å². The standard InChI is InChI=1S/C14H7F5O3/c15-10-2-8(3-11(16)6-10)7-1-9(13(20)21)5-12(4-7)22-14(17,18)19/h1-6H,(H,20,21). The van der Waals surface area contributed by atoms with Gasteiger partial charge in [-0.3, -0.25) is 0 Å². The Kier molecular flexibility index (Phi) is 4.03. The molecule has 2 aromatic carbocycles. The van der Waals surface area contributed by atoms with E-state index in [1.54, 1.807) is 0 Å².